The zero-order chi connectivity index (χ0) is 17.5. The minimum absolute atomic E-state index is 0.0902. The number of nitrogens with zero attached hydrogens (tertiary/aromatic N) is 2. The molecule has 0 saturated carbocycles. The van der Waals surface area contributed by atoms with Gasteiger partial charge in [0.2, 0.25) is 5.91 Å². The van der Waals surface area contributed by atoms with Gasteiger partial charge in [0.15, 0.2) is 0 Å². The third-order valence-corrected chi connectivity index (χ3v) is 3.66. The molecule has 1 N–H and O–H groups in total. The first-order chi connectivity index (χ1) is 11.5. The highest BCUT2D eigenvalue weighted by Gasteiger charge is 2.12. The van der Waals surface area contributed by atoms with E-state index in [9.17, 15) is 9.59 Å². The van der Waals surface area contributed by atoms with Crippen molar-refractivity contribution >= 4 is 23.2 Å². The summed E-state index contributed by atoms with van der Waals surface area (Å²) in [6.45, 7) is 3.58. The highest BCUT2D eigenvalue weighted by atomic mass is 16.2. The molecule has 0 aliphatic carbocycles. The predicted octanol–water partition coefficient (Wildman–Crippen LogP) is 3.15. The Labute approximate surface area is 142 Å². The number of carbonyl (C=O) groups is 2. The fourth-order valence-corrected chi connectivity index (χ4v) is 2.21. The standard InChI is InChI=1S/C19H21N3O2/c1-14-9-7-8-12-17(14)19(24)21-20-15(2)13-18(23)22(3)16-10-5-4-6-11-16/h4-12H,13H2,1-3H3,(H,21,24)/b20-15+. The molecule has 0 aliphatic heterocycles. The van der Waals surface area contributed by atoms with Crippen molar-refractivity contribution in [2.24, 2.45) is 5.10 Å². The maximum atomic E-state index is 12.3. The molecule has 124 valence electrons. The second-order valence-corrected chi connectivity index (χ2v) is 5.57. The number of carbonyl (C=O) groups excluding carboxylic acids is 2. The van der Waals surface area contributed by atoms with Crippen LogP contribution in [0.2, 0.25) is 0 Å². The number of rotatable bonds is 5. The molecule has 0 aromatic heterocycles. The van der Waals surface area contributed by atoms with Crippen molar-refractivity contribution in [2.75, 3.05) is 11.9 Å². The molecule has 0 fully saturated rings. The lowest BCUT2D eigenvalue weighted by atomic mass is 10.1. The van der Waals surface area contributed by atoms with E-state index in [1.165, 1.54) is 0 Å². The summed E-state index contributed by atoms with van der Waals surface area (Å²) < 4.78 is 0. The lowest BCUT2D eigenvalue weighted by Crippen LogP contribution is -2.28. The van der Waals surface area contributed by atoms with Crippen LogP contribution < -0.4 is 10.3 Å². The molecule has 0 bridgehead atoms. The Hall–Kier alpha value is -2.95. The first-order valence-electron chi connectivity index (χ1n) is 7.70. The highest BCUT2D eigenvalue weighted by molar-refractivity contribution is 6.07. The molecular formula is C19H21N3O2. The van der Waals surface area contributed by atoms with E-state index in [4.69, 9.17) is 0 Å². The zero-order valence-corrected chi connectivity index (χ0v) is 14.1. The molecule has 0 spiro atoms. The lowest BCUT2D eigenvalue weighted by Gasteiger charge is -2.17. The van der Waals surface area contributed by atoms with Gasteiger partial charge in [-0.3, -0.25) is 9.59 Å². The van der Waals surface area contributed by atoms with Gasteiger partial charge in [-0.15, -0.1) is 0 Å². The van der Waals surface area contributed by atoms with Crippen LogP contribution in [-0.2, 0) is 4.79 Å². The van der Waals surface area contributed by atoms with Gasteiger partial charge in [-0.05, 0) is 37.6 Å². The number of nitrogens with one attached hydrogen (secondary N) is 1. The summed E-state index contributed by atoms with van der Waals surface area (Å²) >= 11 is 0. The van der Waals surface area contributed by atoms with Gasteiger partial charge in [-0.25, -0.2) is 5.43 Å². The Balaban J connectivity index is 1.95. The fraction of sp³-hybridized carbons (Fsp3) is 0.211. The van der Waals surface area contributed by atoms with Gasteiger partial charge in [0, 0.05) is 24.0 Å². The van der Waals surface area contributed by atoms with Crippen molar-refractivity contribution in [3.63, 3.8) is 0 Å². The highest BCUT2D eigenvalue weighted by Crippen LogP contribution is 2.12. The zero-order valence-electron chi connectivity index (χ0n) is 14.1. The third-order valence-electron chi connectivity index (χ3n) is 3.66. The van der Waals surface area contributed by atoms with Crippen LogP contribution in [0.5, 0.6) is 0 Å². The Morgan fingerprint density at radius 1 is 1.04 bits per heavy atom. The van der Waals surface area contributed by atoms with E-state index in [2.05, 4.69) is 10.5 Å². The number of benzene rings is 2. The van der Waals surface area contributed by atoms with Gasteiger partial charge in [-0.1, -0.05) is 36.4 Å². The van der Waals surface area contributed by atoms with Crippen molar-refractivity contribution in [2.45, 2.75) is 20.3 Å². The Morgan fingerprint density at radius 3 is 2.33 bits per heavy atom. The van der Waals surface area contributed by atoms with Crippen molar-refractivity contribution < 1.29 is 9.59 Å². The van der Waals surface area contributed by atoms with Crippen LogP contribution in [0, 0.1) is 6.92 Å². The molecule has 5 heteroatoms. The SMILES string of the molecule is C/C(CC(=O)N(C)c1ccccc1)=N\NC(=O)c1ccccc1C. The summed E-state index contributed by atoms with van der Waals surface area (Å²) in [6.07, 6.45) is 0.138. The summed E-state index contributed by atoms with van der Waals surface area (Å²) in [5, 5.41) is 4.03. The summed E-state index contributed by atoms with van der Waals surface area (Å²) in [5.41, 5.74) is 5.32. The van der Waals surface area contributed by atoms with Gasteiger partial charge in [-0.2, -0.15) is 5.10 Å². The third kappa shape index (κ3) is 4.52. The smallest absolute Gasteiger partial charge is 0.271 e. The van der Waals surface area contributed by atoms with Crippen molar-refractivity contribution in [1.82, 2.24) is 5.43 Å². The van der Waals surface area contributed by atoms with E-state index in [0.717, 1.165) is 11.3 Å². The van der Waals surface area contributed by atoms with E-state index < -0.39 is 0 Å². The largest absolute Gasteiger partial charge is 0.315 e. The van der Waals surface area contributed by atoms with Crippen LogP contribution in [0.25, 0.3) is 0 Å². The quantitative estimate of drug-likeness (QED) is 0.678. The van der Waals surface area contributed by atoms with E-state index in [-0.39, 0.29) is 18.2 Å². The van der Waals surface area contributed by atoms with Crippen LogP contribution in [0.3, 0.4) is 0 Å². The van der Waals surface area contributed by atoms with E-state index in [1.807, 2.05) is 49.4 Å². The first kappa shape index (κ1) is 17.4. The van der Waals surface area contributed by atoms with Crippen LogP contribution in [0.4, 0.5) is 5.69 Å². The summed E-state index contributed by atoms with van der Waals surface area (Å²) in [4.78, 5) is 25.9. The molecule has 0 radical (unpaired) electrons. The number of amides is 2. The molecule has 2 aromatic carbocycles. The molecule has 0 unspecified atom stereocenters. The predicted molar refractivity (Wildman–Crippen MR) is 96.2 cm³/mol. The molecule has 2 rings (SSSR count). The van der Waals surface area contributed by atoms with Gasteiger partial charge in [0.05, 0.1) is 6.42 Å². The molecule has 0 atom stereocenters. The van der Waals surface area contributed by atoms with Gasteiger partial charge in [0.1, 0.15) is 0 Å². The molecule has 2 aromatic rings. The Kier molecular flexibility index (Phi) is 5.84. The monoisotopic (exact) mass is 323 g/mol. The number of para-hydroxylation sites is 1. The van der Waals surface area contributed by atoms with E-state index >= 15 is 0 Å². The number of hydrazone groups is 1. The number of anilines is 1. The van der Waals surface area contributed by atoms with Crippen LogP contribution in [0.15, 0.2) is 59.7 Å². The molecule has 0 saturated heterocycles. The van der Waals surface area contributed by atoms with Gasteiger partial charge in [0.25, 0.3) is 5.91 Å². The van der Waals surface area contributed by atoms with Crippen LogP contribution in [0.1, 0.15) is 29.3 Å². The summed E-state index contributed by atoms with van der Waals surface area (Å²) in [7, 11) is 1.72. The van der Waals surface area contributed by atoms with Crippen molar-refractivity contribution in [3.8, 4) is 0 Å². The van der Waals surface area contributed by atoms with Crippen LogP contribution in [-0.4, -0.2) is 24.6 Å². The first-order valence-corrected chi connectivity index (χ1v) is 7.70. The summed E-state index contributed by atoms with van der Waals surface area (Å²) in [5.74, 6) is -0.371. The Morgan fingerprint density at radius 2 is 1.67 bits per heavy atom. The average Bonchev–Trinajstić information content (AvgIpc) is 2.60. The molecular weight excluding hydrogens is 302 g/mol. The maximum absolute atomic E-state index is 12.3. The normalized spacial score (nSPS) is 11.0. The van der Waals surface area contributed by atoms with Gasteiger partial charge >= 0.3 is 0 Å². The molecule has 24 heavy (non-hydrogen) atoms. The Bertz CT molecular complexity index is 754. The minimum Gasteiger partial charge on any atom is -0.315 e. The maximum Gasteiger partial charge on any atom is 0.271 e. The number of hydrogen-bond donors (Lipinski definition) is 1. The second kappa shape index (κ2) is 8.06. The molecule has 5 nitrogen and oxygen atoms in total. The fourth-order valence-electron chi connectivity index (χ4n) is 2.21. The number of aryl methyl sites for hydroxylation is 1. The average molecular weight is 323 g/mol. The molecule has 0 aliphatic rings. The number of hydrogen-bond acceptors (Lipinski definition) is 3. The van der Waals surface area contributed by atoms with Gasteiger partial charge < -0.3 is 4.90 Å². The van der Waals surface area contributed by atoms with E-state index in [0.29, 0.717) is 11.3 Å². The van der Waals surface area contributed by atoms with Crippen LogP contribution >= 0.6 is 0 Å². The minimum atomic E-state index is -0.281. The molecule has 2 amide bonds. The topological polar surface area (TPSA) is 61.8 Å². The van der Waals surface area contributed by atoms with Crippen molar-refractivity contribution in [3.05, 3.63) is 65.7 Å². The second-order valence-electron chi connectivity index (χ2n) is 5.57. The molecule has 0 heterocycles. The van der Waals surface area contributed by atoms with Crippen molar-refractivity contribution in [1.29, 1.82) is 0 Å². The lowest BCUT2D eigenvalue weighted by molar-refractivity contribution is -0.117. The summed E-state index contributed by atoms with van der Waals surface area (Å²) in [6, 6.07) is 16.7. The van der Waals surface area contributed by atoms with E-state index in [1.54, 1.807) is 31.0 Å².